The fourth-order valence-corrected chi connectivity index (χ4v) is 3.92. The Kier molecular flexibility index (Phi) is 5.63. The van der Waals surface area contributed by atoms with Crippen LogP contribution in [0.1, 0.15) is 50.8 Å². The molecule has 1 saturated carbocycles. The lowest BCUT2D eigenvalue weighted by molar-refractivity contribution is -0.121. The topological polar surface area (TPSA) is 85.8 Å². The first kappa shape index (κ1) is 18.9. The Labute approximate surface area is 160 Å². The van der Waals surface area contributed by atoms with Gasteiger partial charge in [-0.15, -0.1) is 22.6 Å². The Morgan fingerprint density at radius 1 is 1.12 bits per heavy atom. The van der Waals surface area contributed by atoms with Gasteiger partial charge in [0.15, 0.2) is 5.82 Å². The highest BCUT2D eigenvalue weighted by Crippen LogP contribution is 2.29. The first-order valence-corrected chi connectivity index (χ1v) is 9.29. The van der Waals surface area contributed by atoms with E-state index in [9.17, 15) is 4.79 Å². The van der Waals surface area contributed by atoms with Crippen LogP contribution in [0.4, 0.5) is 5.69 Å². The van der Waals surface area contributed by atoms with Crippen molar-refractivity contribution in [3.63, 3.8) is 0 Å². The van der Waals surface area contributed by atoms with Crippen LogP contribution in [0.3, 0.4) is 0 Å². The molecule has 0 saturated heterocycles. The molecular weight excluding hydrogens is 350 g/mol. The molecule has 6 nitrogen and oxygen atoms in total. The molecule has 2 aromatic rings. The number of nitrogens with two attached hydrogens (primary N) is 1. The van der Waals surface area contributed by atoms with Gasteiger partial charge in [0.05, 0.1) is 5.54 Å². The molecule has 1 aliphatic carbocycles. The van der Waals surface area contributed by atoms with Gasteiger partial charge in [-0.3, -0.25) is 4.79 Å². The fourth-order valence-electron chi connectivity index (χ4n) is 3.92. The molecule has 1 amide bonds. The number of rotatable bonds is 3. The predicted octanol–water partition coefficient (Wildman–Crippen LogP) is 3.30. The van der Waals surface area contributed by atoms with Crippen LogP contribution in [0.5, 0.6) is 0 Å². The minimum absolute atomic E-state index is 0. The molecule has 2 aliphatic rings. The maximum absolute atomic E-state index is 12.5. The number of hydrogen-bond acceptors (Lipinski definition) is 4. The summed E-state index contributed by atoms with van der Waals surface area (Å²) in [7, 11) is 0. The van der Waals surface area contributed by atoms with Crippen LogP contribution in [-0.2, 0) is 17.8 Å². The van der Waals surface area contributed by atoms with E-state index in [4.69, 9.17) is 5.73 Å². The molecule has 2 heterocycles. The van der Waals surface area contributed by atoms with Gasteiger partial charge in [0, 0.05) is 24.2 Å². The highest BCUT2D eigenvalue weighted by atomic mass is 35.5. The van der Waals surface area contributed by atoms with Crippen molar-refractivity contribution in [3.05, 3.63) is 30.1 Å². The molecule has 0 bridgehead atoms. The largest absolute Gasteiger partial charge is 0.324 e. The summed E-state index contributed by atoms with van der Waals surface area (Å²) < 4.78 is 2.22. The number of carbonyl (C=O) groups is 1. The van der Waals surface area contributed by atoms with Crippen molar-refractivity contribution in [1.82, 2.24) is 14.8 Å². The van der Waals surface area contributed by atoms with Crippen LogP contribution in [0.25, 0.3) is 11.4 Å². The average Bonchev–Trinajstić information content (AvgIpc) is 3.16. The summed E-state index contributed by atoms with van der Waals surface area (Å²) >= 11 is 0. The van der Waals surface area contributed by atoms with Crippen LogP contribution in [-0.4, -0.2) is 26.2 Å². The second kappa shape index (κ2) is 7.76. The number of carbonyl (C=O) groups excluding carboxylic acids is 1. The number of hydrogen-bond donors (Lipinski definition) is 2. The van der Waals surface area contributed by atoms with Gasteiger partial charge in [0.25, 0.3) is 0 Å². The Hall–Kier alpha value is -1.92. The van der Waals surface area contributed by atoms with E-state index in [2.05, 4.69) is 20.1 Å². The minimum Gasteiger partial charge on any atom is -0.324 e. The number of anilines is 1. The third-order valence-corrected chi connectivity index (χ3v) is 5.44. The smallest absolute Gasteiger partial charge is 0.244 e. The van der Waals surface area contributed by atoms with Gasteiger partial charge in [-0.1, -0.05) is 31.4 Å². The zero-order chi connectivity index (χ0) is 17.3. The van der Waals surface area contributed by atoms with Crippen molar-refractivity contribution in [3.8, 4) is 11.4 Å². The molecule has 0 radical (unpaired) electrons. The summed E-state index contributed by atoms with van der Waals surface area (Å²) in [5.74, 6) is 1.87. The molecule has 26 heavy (non-hydrogen) atoms. The lowest BCUT2D eigenvalue weighted by atomic mass is 9.98. The third-order valence-electron chi connectivity index (χ3n) is 5.44. The lowest BCUT2D eigenvalue weighted by Crippen LogP contribution is -2.48. The van der Waals surface area contributed by atoms with Crippen molar-refractivity contribution in [1.29, 1.82) is 0 Å². The van der Waals surface area contributed by atoms with Gasteiger partial charge < -0.3 is 15.6 Å². The molecule has 0 spiro atoms. The molecule has 3 N–H and O–H groups in total. The summed E-state index contributed by atoms with van der Waals surface area (Å²) in [6.45, 7) is 0.958. The van der Waals surface area contributed by atoms with Gasteiger partial charge >= 0.3 is 0 Å². The maximum atomic E-state index is 12.5. The zero-order valence-electron chi connectivity index (χ0n) is 14.9. The Morgan fingerprint density at radius 2 is 1.92 bits per heavy atom. The monoisotopic (exact) mass is 375 g/mol. The van der Waals surface area contributed by atoms with Crippen LogP contribution in [0.2, 0.25) is 0 Å². The molecule has 1 aromatic carbocycles. The van der Waals surface area contributed by atoms with Crippen molar-refractivity contribution in [2.45, 2.75) is 63.5 Å². The number of fused-ring (bicyclic) bond motifs is 1. The van der Waals surface area contributed by atoms with Gasteiger partial charge in [-0.05, 0) is 37.8 Å². The summed E-state index contributed by atoms with van der Waals surface area (Å²) in [6, 6.07) is 7.84. The summed E-state index contributed by atoms with van der Waals surface area (Å²) in [6.07, 6.45) is 8.12. The fraction of sp³-hybridized carbons (Fsp3) is 0.526. The van der Waals surface area contributed by atoms with E-state index in [0.717, 1.165) is 68.0 Å². The number of benzene rings is 1. The van der Waals surface area contributed by atoms with Crippen LogP contribution in [0, 0.1) is 0 Å². The SMILES string of the molecule is Cl.NC1(C(=O)Nc2cccc(-c3nnc4n3CCCCC4)c2)CCCC1. The highest BCUT2D eigenvalue weighted by molar-refractivity contribution is 5.98. The van der Waals surface area contributed by atoms with Crippen LogP contribution in [0.15, 0.2) is 24.3 Å². The zero-order valence-corrected chi connectivity index (χ0v) is 15.7. The van der Waals surface area contributed by atoms with Crippen LogP contribution < -0.4 is 11.1 Å². The number of nitrogens with one attached hydrogen (secondary N) is 1. The van der Waals surface area contributed by atoms with Crippen LogP contribution >= 0.6 is 12.4 Å². The van der Waals surface area contributed by atoms with Crippen molar-refractivity contribution >= 4 is 24.0 Å². The number of amides is 1. The minimum atomic E-state index is -0.720. The molecule has 0 unspecified atom stereocenters. The third kappa shape index (κ3) is 3.62. The second-order valence-electron chi connectivity index (χ2n) is 7.30. The van der Waals surface area contributed by atoms with Crippen molar-refractivity contribution < 1.29 is 4.79 Å². The molecular formula is C19H26ClN5O. The Balaban J connectivity index is 0.00000196. The number of halogens is 1. The average molecular weight is 376 g/mol. The van der Waals surface area contributed by atoms with E-state index in [1.54, 1.807) is 0 Å². The van der Waals surface area contributed by atoms with Crippen molar-refractivity contribution in [2.24, 2.45) is 5.73 Å². The van der Waals surface area contributed by atoms with E-state index < -0.39 is 5.54 Å². The predicted molar refractivity (Wildman–Crippen MR) is 104 cm³/mol. The van der Waals surface area contributed by atoms with Crippen molar-refractivity contribution in [2.75, 3.05) is 5.32 Å². The summed E-state index contributed by atoms with van der Waals surface area (Å²) in [5, 5.41) is 11.8. The maximum Gasteiger partial charge on any atom is 0.244 e. The van der Waals surface area contributed by atoms with Gasteiger partial charge in [-0.2, -0.15) is 0 Å². The van der Waals surface area contributed by atoms with Gasteiger partial charge in [-0.25, -0.2) is 0 Å². The Bertz CT molecular complexity index is 782. The highest BCUT2D eigenvalue weighted by Gasteiger charge is 2.37. The molecule has 4 rings (SSSR count). The lowest BCUT2D eigenvalue weighted by Gasteiger charge is -2.22. The normalized spacial score (nSPS) is 18.5. The molecule has 140 valence electrons. The molecule has 1 aliphatic heterocycles. The molecule has 1 aromatic heterocycles. The number of aryl methyl sites for hydroxylation is 1. The van der Waals surface area contributed by atoms with E-state index >= 15 is 0 Å². The summed E-state index contributed by atoms with van der Waals surface area (Å²) in [5.41, 5.74) is 7.28. The molecule has 1 fully saturated rings. The standard InChI is InChI=1S/C19H25N5O.ClH/c20-19(10-3-4-11-19)18(25)21-15-8-6-7-14(13-15)17-23-22-16-9-2-1-5-12-24(16)17;/h6-8,13H,1-5,9-12,20H2,(H,21,25);1H. The van der Waals surface area contributed by atoms with Gasteiger partial charge in [0.2, 0.25) is 5.91 Å². The Morgan fingerprint density at radius 3 is 2.73 bits per heavy atom. The van der Waals surface area contributed by atoms with E-state index in [-0.39, 0.29) is 18.3 Å². The van der Waals surface area contributed by atoms with E-state index in [1.165, 1.54) is 12.8 Å². The number of aromatic nitrogens is 3. The molecule has 0 atom stereocenters. The summed E-state index contributed by atoms with van der Waals surface area (Å²) in [4.78, 5) is 12.5. The number of nitrogens with zero attached hydrogens (tertiary/aromatic N) is 3. The quantitative estimate of drug-likeness (QED) is 0.861. The van der Waals surface area contributed by atoms with E-state index in [1.807, 2.05) is 24.3 Å². The van der Waals surface area contributed by atoms with E-state index in [0.29, 0.717) is 0 Å². The first-order chi connectivity index (χ1) is 12.2. The second-order valence-corrected chi connectivity index (χ2v) is 7.30. The first-order valence-electron chi connectivity index (χ1n) is 9.29. The molecule has 7 heteroatoms. The van der Waals surface area contributed by atoms with Gasteiger partial charge in [0.1, 0.15) is 5.82 Å².